The van der Waals surface area contributed by atoms with Crippen LogP contribution in [-0.2, 0) is 4.79 Å². The summed E-state index contributed by atoms with van der Waals surface area (Å²) in [6.45, 7) is 4.02. The molecule has 1 aliphatic heterocycles. The van der Waals surface area contributed by atoms with E-state index in [1.54, 1.807) is 24.3 Å². The van der Waals surface area contributed by atoms with Crippen LogP contribution in [0.25, 0.3) is 0 Å². The van der Waals surface area contributed by atoms with E-state index >= 15 is 0 Å². The number of carbonyl (C=O) groups excluding carboxylic acids is 1. The van der Waals surface area contributed by atoms with Crippen LogP contribution >= 0.6 is 0 Å². The van der Waals surface area contributed by atoms with Gasteiger partial charge in [0.15, 0.2) is 0 Å². The van der Waals surface area contributed by atoms with Gasteiger partial charge in [0.2, 0.25) is 17.5 Å². The fraction of sp³-hybridized carbons (Fsp3) is 0.207. The van der Waals surface area contributed by atoms with E-state index in [9.17, 15) is 14.9 Å². The molecule has 0 saturated carbocycles. The van der Waals surface area contributed by atoms with Crippen molar-refractivity contribution in [2.75, 3.05) is 41.7 Å². The Labute approximate surface area is 226 Å². The second-order valence-electron chi connectivity index (χ2n) is 9.28. The van der Waals surface area contributed by atoms with Crippen molar-refractivity contribution < 1.29 is 9.72 Å². The third kappa shape index (κ3) is 6.02. The molecule has 0 unspecified atom stereocenters. The Bertz CT molecular complexity index is 1390. The number of anilines is 4. The molecular formula is C29H29N7O3. The van der Waals surface area contributed by atoms with Crippen molar-refractivity contribution in [1.82, 2.24) is 14.9 Å². The lowest BCUT2D eigenvalue weighted by molar-refractivity contribution is -0.383. The first-order chi connectivity index (χ1) is 19.0. The Hall–Kier alpha value is -4.83. The number of piperazine rings is 1. The number of nitrogens with zero attached hydrogens (tertiary/aromatic N) is 5. The molecule has 4 aromatic rings. The smallest absolute Gasteiger partial charge is 0.348 e. The van der Waals surface area contributed by atoms with E-state index < -0.39 is 4.92 Å². The first-order valence-corrected chi connectivity index (χ1v) is 12.7. The van der Waals surface area contributed by atoms with Gasteiger partial charge >= 0.3 is 5.69 Å². The van der Waals surface area contributed by atoms with Crippen molar-refractivity contribution in [2.45, 2.75) is 13.0 Å². The summed E-state index contributed by atoms with van der Waals surface area (Å²) in [6, 6.07) is 27.8. The molecule has 0 aliphatic carbocycles. The molecule has 1 aliphatic rings. The zero-order chi connectivity index (χ0) is 27.2. The Balaban J connectivity index is 1.35. The molecule has 1 fully saturated rings. The molecule has 39 heavy (non-hydrogen) atoms. The summed E-state index contributed by atoms with van der Waals surface area (Å²) in [5, 5.41) is 17.9. The largest absolute Gasteiger partial charge is 0.353 e. The molecule has 2 heterocycles. The molecular weight excluding hydrogens is 494 g/mol. The molecule has 0 spiro atoms. The van der Waals surface area contributed by atoms with Gasteiger partial charge in [0.05, 0.1) is 11.0 Å². The Morgan fingerprint density at radius 2 is 1.41 bits per heavy atom. The number of amides is 1. The standard InChI is InChI=1S/C29H29N7O3/c1-21(37)32-24-12-14-25(15-13-24)33-28-27(36(38)39)29(31-20-30-28)35-18-16-34(17-19-35)26(22-8-4-2-5-9-22)23-10-6-3-7-11-23/h2-15,20,26H,16-19H2,1H3,(H,32,37)(H,30,31,33). The van der Waals surface area contributed by atoms with Crippen molar-refractivity contribution in [3.63, 3.8) is 0 Å². The molecule has 3 aromatic carbocycles. The van der Waals surface area contributed by atoms with Gasteiger partial charge in [0, 0.05) is 44.5 Å². The number of hydrogen-bond donors (Lipinski definition) is 2. The molecule has 5 rings (SSSR count). The maximum absolute atomic E-state index is 12.2. The van der Waals surface area contributed by atoms with Gasteiger partial charge in [0.1, 0.15) is 6.33 Å². The van der Waals surface area contributed by atoms with E-state index in [1.165, 1.54) is 24.4 Å². The quantitative estimate of drug-likeness (QED) is 0.245. The van der Waals surface area contributed by atoms with Crippen LogP contribution in [0.2, 0.25) is 0 Å². The summed E-state index contributed by atoms with van der Waals surface area (Å²) in [7, 11) is 0. The van der Waals surface area contributed by atoms with E-state index in [0.717, 1.165) is 0 Å². The number of nitro groups is 1. The minimum absolute atomic E-state index is 0.0904. The van der Waals surface area contributed by atoms with E-state index in [1.807, 2.05) is 41.3 Å². The molecule has 1 aromatic heterocycles. The molecule has 10 nitrogen and oxygen atoms in total. The van der Waals surface area contributed by atoms with Gasteiger partial charge in [0.25, 0.3) is 0 Å². The summed E-state index contributed by atoms with van der Waals surface area (Å²) in [6.07, 6.45) is 1.35. The van der Waals surface area contributed by atoms with Gasteiger partial charge in [-0.05, 0) is 35.4 Å². The van der Waals surface area contributed by atoms with Gasteiger partial charge < -0.3 is 15.5 Å². The average Bonchev–Trinajstić information content (AvgIpc) is 2.95. The zero-order valence-electron chi connectivity index (χ0n) is 21.5. The Morgan fingerprint density at radius 1 is 0.846 bits per heavy atom. The van der Waals surface area contributed by atoms with E-state index in [-0.39, 0.29) is 23.5 Å². The minimum Gasteiger partial charge on any atom is -0.348 e. The highest BCUT2D eigenvalue weighted by Gasteiger charge is 2.32. The van der Waals surface area contributed by atoms with Crippen LogP contribution < -0.4 is 15.5 Å². The Kier molecular flexibility index (Phi) is 7.74. The summed E-state index contributed by atoms with van der Waals surface area (Å²) < 4.78 is 0. The first-order valence-electron chi connectivity index (χ1n) is 12.7. The first kappa shape index (κ1) is 25.8. The average molecular weight is 524 g/mol. The van der Waals surface area contributed by atoms with Crippen LogP contribution in [0, 0.1) is 10.1 Å². The van der Waals surface area contributed by atoms with Crippen LogP contribution in [0.5, 0.6) is 0 Å². The predicted molar refractivity (Wildman–Crippen MR) is 151 cm³/mol. The number of aromatic nitrogens is 2. The normalized spacial score (nSPS) is 13.7. The second kappa shape index (κ2) is 11.7. The highest BCUT2D eigenvalue weighted by molar-refractivity contribution is 5.89. The minimum atomic E-state index is -0.438. The lowest BCUT2D eigenvalue weighted by atomic mass is 9.96. The van der Waals surface area contributed by atoms with Gasteiger partial charge in [-0.3, -0.25) is 19.8 Å². The maximum Gasteiger partial charge on any atom is 0.353 e. The predicted octanol–water partition coefficient (Wildman–Crippen LogP) is 5.00. The fourth-order valence-corrected chi connectivity index (χ4v) is 4.91. The number of rotatable bonds is 8. The van der Waals surface area contributed by atoms with E-state index in [0.29, 0.717) is 43.4 Å². The van der Waals surface area contributed by atoms with Crippen LogP contribution in [0.4, 0.5) is 28.7 Å². The highest BCUT2D eigenvalue weighted by Crippen LogP contribution is 2.36. The van der Waals surface area contributed by atoms with Crippen LogP contribution in [-0.4, -0.2) is 51.9 Å². The molecule has 0 bridgehead atoms. The van der Waals surface area contributed by atoms with E-state index in [4.69, 9.17) is 0 Å². The third-order valence-corrected chi connectivity index (χ3v) is 6.66. The van der Waals surface area contributed by atoms with Crippen molar-refractivity contribution in [2.24, 2.45) is 0 Å². The highest BCUT2D eigenvalue weighted by atomic mass is 16.6. The number of benzene rings is 3. The molecule has 2 N–H and O–H groups in total. The SMILES string of the molecule is CC(=O)Nc1ccc(Nc2ncnc(N3CCN(C(c4ccccc4)c4ccccc4)CC3)c2[N+](=O)[O-])cc1. The number of hydrogen-bond acceptors (Lipinski definition) is 8. The molecule has 1 saturated heterocycles. The van der Waals surface area contributed by atoms with Gasteiger partial charge in [-0.15, -0.1) is 0 Å². The summed E-state index contributed by atoms with van der Waals surface area (Å²) in [4.78, 5) is 35.9. The summed E-state index contributed by atoms with van der Waals surface area (Å²) in [5.74, 6) is 0.236. The zero-order valence-corrected chi connectivity index (χ0v) is 21.5. The number of nitrogens with one attached hydrogen (secondary N) is 2. The van der Waals surface area contributed by atoms with Crippen molar-refractivity contribution in [3.8, 4) is 0 Å². The molecule has 0 radical (unpaired) electrons. The van der Waals surface area contributed by atoms with Crippen LogP contribution in [0.15, 0.2) is 91.3 Å². The summed E-state index contributed by atoms with van der Waals surface area (Å²) >= 11 is 0. The van der Waals surface area contributed by atoms with Gasteiger partial charge in [-0.1, -0.05) is 60.7 Å². The lowest BCUT2D eigenvalue weighted by Crippen LogP contribution is -2.48. The third-order valence-electron chi connectivity index (χ3n) is 6.66. The van der Waals surface area contributed by atoms with Crippen LogP contribution in [0.1, 0.15) is 24.1 Å². The van der Waals surface area contributed by atoms with Gasteiger partial charge in [-0.25, -0.2) is 9.97 Å². The molecule has 0 atom stereocenters. The molecule has 1 amide bonds. The van der Waals surface area contributed by atoms with Gasteiger partial charge in [-0.2, -0.15) is 0 Å². The molecule has 198 valence electrons. The maximum atomic E-state index is 12.2. The Morgan fingerprint density at radius 3 is 1.95 bits per heavy atom. The molecule has 10 heteroatoms. The topological polar surface area (TPSA) is 117 Å². The van der Waals surface area contributed by atoms with E-state index in [2.05, 4.69) is 49.8 Å². The van der Waals surface area contributed by atoms with Crippen molar-refractivity contribution >= 4 is 34.6 Å². The van der Waals surface area contributed by atoms with Crippen molar-refractivity contribution in [1.29, 1.82) is 0 Å². The lowest BCUT2D eigenvalue weighted by Gasteiger charge is -2.40. The van der Waals surface area contributed by atoms with Crippen molar-refractivity contribution in [3.05, 3.63) is 112 Å². The summed E-state index contributed by atoms with van der Waals surface area (Å²) in [5.41, 5.74) is 3.49. The fourth-order valence-electron chi connectivity index (χ4n) is 4.91. The monoisotopic (exact) mass is 523 g/mol. The van der Waals surface area contributed by atoms with Crippen LogP contribution in [0.3, 0.4) is 0 Å². The number of carbonyl (C=O) groups is 1. The second-order valence-corrected chi connectivity index (χ2v) is 9.28.